The van der Waals surface area contributed by atoms with Crippen LogP contribution in [0.1, 0.15) is 44.4 Å². The van der Waals surface area contributed by atoms with Crippen LogP contribution in [0.4, 0.5) is 10.3 Å². The molecule has 1 aromatic carbocycles. The molecular weight excluding hydrogens is 465 g/mol. The van der Waals surface area contributed by atoms with Gasteiger partial charge in [-0.05, 0) is 49.3 Å². The molecule has 9 nitrogen and oxygen atoms in total. The fraction of sp³-hybridized carbons (Fsp3) is 0.391. The number of sulfonamides is 1. The van der Waals surface area contributed by atoms with Gasteiger partial charge in [0.1, 0.15) is 5.82 Å². The summed E-state index contributed by atoms with van der Waals surface area (Å²) in [5, 5.41) is 19.0. The van der Waals surface area contributed by atoms with Gasteiger partial charge in [-0.1, -0.05) is 13.8 Å². The maximum absolute atomic E-state index is 13.5. The number of carbonyl (C=O) groups excluding carboxylic acids is 1. The molecule has 1 unspecified atom stereocenters. The number of aliphatic hydroxyl groups is 1. The van der Waals surface area contributed by atoms with Gasteiger partial charge in [-0.3, -0.25) is 9.59 Å². The summed E-state index contributed by atoms with van der Waals surface area (Å²) in [7, 11) is -2.36. The van der Waals surface area contributed by atoms with E-state index in [2.05, 4.69) is 9.97 Å². The lowest BCUT2D eigenvalue weighted by molar-refractivity contribution is -0.145. The number of carboxylic acid groups (broad SMARTS) is 1. The van der Waals surface area contributed by atoms with Crippen LogP contribution < -0.4 is 4.31 Å². The van der Waals surface area contributed by atoms with Crippen molar-refractivity contribution < 1.29 is 32.6 Å². The maximum atomic E-state index is 13.5. The summed E-state index contributed by atoms with van der Waals surface area (Å²) < 4.78 is 38.6. The summed E-state index contributed by atoms with van der Waals surface area (Å²) in [6.07, 6.45) is 1.88. The average molecular weight is 494 g/mol. The SMILES string of the molecule is CC(C)c1nc(N(C)S(C)(=O)=O)nc(-c2ccc(F)cc2)c1C=CC(=O)C[C@@H](O)C(C)C(=O)O. The Labute approximate surface area is 198 Å². The monoisotopic (exact) mass is 493 g/mol. The normalized spacial score (nSPS) is 13.8. The zero-order chi connectivity index (χ0) is 25.8. The van der Waals surface area contributed by atoms with Crippen molar-refractivity contribution in [1.29, 1.82) is 0 Å². The van der Waals surface area contributed by atoms with Crippen molar-refractivity contribution in [1.82, 2.24) is 9.97 Å². The van der Waals surface area contributed by atoms with Crippen molar-refractivity contribution in [3.63, 3.8) is 0 Å². The Morgan fingerprint density at radius 3 is 2.24 bits per heavy atom. The number of benzene rings is 1. The molecule has 184 valence electrons. The third-order valence-corrected chi connectivity index (χ3v) is 6.38. The van der Waals surface area contributed by atoms with E-state index >= 15 is 0 Å². The zero-order valence-corrected chi connectivity index (χ0v) is 20.4. The van der Waals surface area contributed by atoms with Crippen molar-refractivity contribution in [2.75, 3.05) is 17.6 Å². The second kappa shape index (κ2) is 10.8. The second-order valence-corrected chi connectivity index (χ2v) is 10.3. The summed E-state index contributed by atoms with van der Waals surface area (Å²) in [6.45, 7) is 4.97. The second-order valence-electron chi connectivity index (χ2n) is 8.26. The van der Waals surface area contributed by atoms with E-state index in [1.54, 1.807) is 0 Å². The standard InChI is InChI=1S/C23H28FN3O6S/c1-13(2)20-18(11-10-17(28)12-19(29)14(3)22(30)31)21(15-6-8-16(24)9-7-15)26-23(25-20)27(4)34(5,32)33/h6-11,13-14,19,29H,12H2,1-5H3,(H,30,31)/t14?,19-/m1/s1. The van der Waals surface area contributed by atoms with Gasteiger partial charge in [-0.2, -0.15) is 0 Å². The molecule has 2 rings (SSSR count). The highest BCUT2D eigenvalue weighted by molar-refractivity contribution is 7.92. The molecule has 1 heterocycles. The van der Waals surface area contributed by atoms with E-state index in [4.69, 9.17) is 5.11 Å². The van der Waals surface area contributed by atoms with Crippen LogP contribution >= 0.6 is 0 Å². The number of nitrogens with zero attached hydrogens (tertiary/aromatic N) is 3. The summed E-state index contributed by atoms with van der Waals surface area (Å²) in [6, 6.07) is 5.41. The first-order valence-corrected chi connectivity index (χ1v) is 12.3. The largest absolute Gasteiger partial charge is 0.481 e. The van der Waals surface area contributed by atoms with Gasteiger partial charge < -0.3 is 10.2 Å². The zero-order valence-electron chi connectivity index (χ0n) is 19.6. The molecule has 0 fully saturated rings. The quantitative estimate of drug-likeness (QED) is 0.482. The number of rotatable bonds is 10. The van der Waals surface area contributed by atoms with Gasteiger partial charge >= 0.3 is 5.97 Å². The lowest BCUT2D eigenvalue weighted by Crippen LogP contribution is -2.27. The van der Waals surface area contributed by atoms with E-state index in [9.17, 15) is 27.5 Å². The van der Waals surface area contributed by atoms with Crippen molar-refractivity contribution >= 4 is 33.8 Å². The third-order valence-electron chi connectivity index (χ3n) is 5.22. The van der Waals surface area contributed by atoms with Gasteiger partial charge in [0, 0.05) is 24.6 Å². The molecule has 2 atom stereocenters. The van der Waals surface area contributed by atoms with Crippen LogP contribution in [-0.2, 0) is 19.6 Å². The van der Waals surface area contributed by atoms with Crippen LogP contribution in [0.2, 0.25) is 0 Å². The number of aliphatic carboxylic acids is 1. The first-order valence-electron chi connectivity index (χ1n) is 10.5. The van der Waals surface area contributed by atoms with Crippen LogP contribution in [0, 0.1) is 11.7 Å². The van der Waals surface area contributed by atoms with Crippen LogP contribution in [-0.4, -0.2) is 59.8 Å². The third kappa shape index (κ3) is 6.67. The van der Waals surface area contributed by atoms with Gasteiger partial charge in [0.25, 0.3) is 0 Å². The lowest BCUT2D eigenvalue weighted by Gasteiger charge is -2.20. The lowest BCUT2D eigenvalue weighted by atomic mass is 9.96. The van der Waals surface area contributed by atoms with Crippen molar-refractivity contribution in [2.45, 2.75) is 39.2 Å². The van der Waals surface area contributed by atoms with Crippen molar-refractivity contribution in [2.24, 2.45) is 5.92 Å². The molecule has 1 aromatic heterocycles. The topological polar surface area (TPSA) is 138 Å². The molecule has 0 radical (unpaired) electrons. The minimum absolute atomic E-state index is 0.0836. The predicted octanol–water partition coefficient (Wildman–Crippen LogP) is 2.86. The molecule has 0 aliphatic heterocycles. The Bertz CT molecular complexity index is 1200. The molecule has 0 bridgehead atoms. The van der Waals surface area contributed by atoms with E-state index in [1.807, 2.05) is 13.8 Å². The number of carboxylic acids is 1. The number of carbonyl (C=O) groups is 2. The number of allylic oxidation sites excluding steroid dienone is 1. The van der Waals surface area contributed by atoms with E-state index in [0.717, 1.165) is 10.6 Å². The molecule has 0 spiro atoms. The number of aromatic nitrogens is 2. The van der Waals surface area contributed by atoms with E-state index < -0.39 is 46.0 Å². The van der Waals surface area contributed by atoms with Crippen LogP contribution in [0.25, 0.3) is 17.3 Å². The van der Waals surface area contributed by atoms with Crippen LogP contribution in [0.3, 0.4) is 0 Å². The maximum Gasteiger partial charge on any atom is 0.308 e. The van der Waals surface area contributed by atoms with Gasteiger partial charge in [-0.15, -0.1) is 0 Å². The van der Waals surface area contributed by atoms with Crippen LogP contribution in [0.5, 0.6) is 0 Å². The molecule has 34 heavy (non-hydrogen) atoms. The molecular formula is C23H28FN3O6S. The smallest absolute Gasteiger partial charge is 0.308 e. The fourth-order valence-electron chi connectivity index (χ4n) is 2.99. The molecule has 0 aliphatic rings. The minimum atomic E-state index is -3.67. The van der Waals surface area contributed by atoms with Gasteiger partial charge in [-0.25, -0.2) is 27.1 Å². The summed E-state index contributed by atoms with van der Waals surface area (Å²) in [4.78, 5) is 32.2. The van der Waals surface area contributed by atoms with E-state index in [-0.39, 0.29) is 17.6 Å². The highest BCUT2D eigenvalue weighted by Crippen LogP contribution is 2.31. The number of hydrogen-bond acceptors (Lipinski definition) is 7. The van der Waals surface area contributed by atoms with Gasteiger partial charge in [0.15, 0.2) is 5.78 Å². The number of aliphatic hydroxyl groups excluding tert-OH is 1. The Balaban J connectivity index is 2.62. The molecule has 11 heteroatoms. The Morgan fingerprint density at radius 2 is 1.74 bits per heavy atom. The summed E-state index contributed by atoms with van der Waals surface area (Å²) >= 11 is 0. The minimum Gasteiger partial charge on any atom is -0.481 e. The summed E-state index contributed by atoms with van der Waals surface area (Å²) in [5.74, 6) is -3.61. The molecule has 0 aliphatic carbocycles. The Hall–Kier alpha value is -3.18. The highest BCUT2D eigenvalue weighted by Gasteiger charge is 2.24. The van der Waals surface area contributed by atoms with Gasteiger partial charge in [0.2, 0.25) is 16.0 Å². The molecule has 2 aromatic rings. The molecule has 2 N–H and O–H groups in total. The fourth-order valence-corrected chi connectivity index (χ4v) is 3.37. The van der Waals surface area contributed by atoms with Crippen LogP contribution in [0.15, 0.2) is 30.3 Å². The number of halogens is 1. The van der Waals surface area contributed by atoms with Gasteiger partial charge in [0.05, 0.1) is 29.7 Å². The number of ketones is 1. The number of anilines is 1. The summed E-state index contributed by atoms with van der Waals surface area (Å²) in [5.41, 5.74) is 1.62. The Morgan fingerprint density at radius 1 is 1.15 bits per heavy atom. The molecule has 0 saturated heterocycles. The predicted molar refractivity (Wildman–Crippen MR) is 126 cm³/mol. The molecule has 0 saturated carbocycles. The van der Waals surface area contributed by atoms with E-state index in [0.29, 0.717) is 16.8 Å². The number of hydrogen-bond donors (Lipinski definition) is 2. The van der Waals surface area contributed by atoms with E-state index in [1.165, 1.54) is 50.4 Å². The van der Waals surface area contributed by atoms with Crippen molar-refractivity contribution in [3.8, 4) is 11.3 Å². The molecule has 0 amide bonds. The average Bonchev–Trinajstić information content (AvgIpc) is 2.75. The van der Waals surface area contributed by atoms with Crippen molar-refractivity contribution in [3.05, 3.63) is 47.4 Å². The highest BCUT2D eigenvalue weighted by atomic mass is 32.2. The first-order chi connectivity index (χ1) is 15.7. The Kier molecular flexibility index (Phi) is 8.62. The first kappa shape index (κ1) is 27.1.